The number of ether oxygens (including phenoxy) is 2. The van der Waals surface area contributed by atoms with Crippen LogP contribution < -0.4 is 20.7 Å². The lowest BCUT2D eigenvalue weighted by Gasteiger charge is -2.42. The van der Waals surface area contributed by atoms with Crippen LogP contribution in [0.2, 0.25) is 5.02 Å². The molecule has 4 aromatic rings. The molecule has 270 valence electrons. The van der Waals surface area contributed by atoms with Crippen molar-refractivity contribution in [1.29, 1.82) is 0 Å². The zero-order chi connectivity index (χ0) is 33.4. The van der Waals surface area contributed by atoms with Gasteiger partial charge in [-0.25, -0.2) is 15.0 Å². The molecule has 16 heteroatoms. The molecule has 3 saturated heterocycles. The van der Waals surface area contributed by atoms with Crippen molar-refractivity contribution in [3.8, 4) is 17.0 Å². The minimum absolute atomic E-state index is 0. The first-order chi connectivity index (χ1) is 23.2. The number of anilines is 1. The Hall–Kier alpha value is -2.88. The van der Waals surface area contributed by atoms with Gasteiger partial charge in [-0.1, -0.05) is 35.5 Å². The number of nitrogens with two attached hydrogens (primary N) is 1. The van der Waals surface area contributed by atoms with Crippen LogP contribution in [-0.4, -0.2) is 99.9 Å². The van der Waals surface area contributed by atoms with Crippen molar-refractivity contribution < 1.29 is 19.4 Å². The molecule has 3 aromatic heterocycles. The summed E-state index contributed by atoms with van der Waals surface area (Å²) >= 11 is 8.34. The van der Waals surface area contributed by atoms with Crippen LogP contribution in [0.4, 0.5) is 5.82 Å². The van der Waals surface area contributed by atoms with E-state index < -0.39 is 0 Å². The summed E-state index contributed by atoms with van der Waals surface area (Å²) in [5, 5.41) is 14.7. The Morgan fingerprint density at radius 3 is 2.62 bits per heavy atom. The molecule has 0 aliphatic carbocycles. The quantitative estimate of drug-likeness (QED) is 0.235. The van der Waals surface area contributed by atoms with E-state index in [1.54, 1.807) is 0 Å². The van der Waals surface area contributed by atoms with Gasteiger partial charge in [-0.3, -0.25) is 4.79 Å². The first kappa shape index (κ1) is 38.4. The summed E-state index contributed by atoms with van der Waals surface area (Å²) in [5.74, 6) is 1.29. The van der Waals surface area contributed by atoms with E-state index in [1.165, 1.54) is 11.8 Å². The zero-order valence-electron chi connectivity index (χ0n) is 28.0. The number of aromatic nitrogens is 4. The number of hydrogen-bond acceptors (Lipinski definition) is 11. The van der Waals surface area contributed by atoms with Crippen LogP contribution in [0, 0.1) is 12.3 Å². The van der Waals surface area contributed by atoms with Gasteiger partial charge in [0.1, 0.15) is 16.5 Å². The number of imidazole rings is 1. The van der Waals surface area contributed by atoms with Crippen molar-refractivity contribution in [2.24, 2.45) is 11.1 Å². The second-order valence-corrected chi connectivity index (χ2v) is 14.2. The molecule has 6 heterocycles. The molecule has 12 nitrogen and oxygen atoms in total. The Morgan fingerprint density at radius 2 is 1.92 bits per heavy atom. The second-order valence-electron chi connectivity index (χ2n) is 12.8. The van der Waals surface area contributed by atoms with Crippen molar-refractivity contribution in [2.75, 3.05) is 57.4 Å². The van der Waals surface area contributed by atoms with Gasteiger partial charge in [-0.05, 0) is 44.9 Å². The average Bonchev–Trinajstić information content (AvgIpc) is 3.68. The minimum atomic E-state index is -0.222. The van der Waals surface area contributed by atoms with Gasteiger partial charge in [0.15, 0.2) is 18.1 Å². The Morgan fingerprint density at radius 1 is 1.16 bits per heavy atom. The fraction of sp³-hybridized carbons (Fsp3) is 0.471. The number of nitrogens with zero attached hydrogens (tertiary/aromatic N) is 6. The SMILES string of the molecule is Cc1nc(N2CCC3(CC2)CO[C@@H](C)[C@H]3N)c(CO)nc1Sc1ccn2cc(-c3cccc(OCC(=O)N4CCNCC4)c3)nc2c1Cl.Cl.Cl. The number of rotatable bonds is 8. The molecule has 3 aliphatic rings. The fourth-order valence-corrected chi connectivity index (χ4v) is 8.02. The molecule has 2 atom stereocenters. The van der Waals surface area contributed by atoms with E-state index in [2.05, 4.69) is 10.2 Å². The largest absolute Gasteiger partial charge is 0.484 e. The predicted molar refractivity (Wildman–Crippen MR) is 199 cm³/mol. The summed E-state index contributed by atoms with van der Waals surface area (Å²) < 4.78 is 13.6. The predicted octanol–water partition coefficient (Wildman–Crippen LogP) is 4.38. The normalized spacial score (nSPS) is 20.1. The number of halogens is 3. The topological polar surface area (TPSA) is 143 Å². The summed E-state index contributed by atoms with van der Waals surface area (Å²) in [5.41, 5.74) is 9.99. The first-order valence-corrected chi connectivity index (χ1v) is 17.6. The molecule has 0 saturated carbocycles. The van der Waals surface area contributed by atoms with E-state index >= 15 is 0 Å². The van der Waals surface area contributed by atoms with Crippen molar-refractivity contribution in [1.82, 2.24) is 29.6 Å². The van der Waals surface area contributed by atoms with Gasteiger partial charge in [0.05, 0.1) is 35.7 Å². The first-order valence-electron chi connectivity index (χ1n) is 16.4. The van der Waals surface area contributed by atoms with Crippen molar-refractivity contribution in [2.45, 2.75) is 55.4 Å². The summed E-state index contributed by atoms with van der Waals surface area (Å²) in [6.45, 7) is 8.99. The number of pyridine rings is 1. The Kier molecular flexibility index (Phi) is 12.4. The molecule has 0 bridgehead atoms. The number of carbonyl (C=O) groups excluding carboxylic acids is 1. The summed E-state index contributed by atoms with van der Waals surface area (Å²) in [7, 11) is 0. The minimum Gasteiger partial charge on any atom is -0.484 e. The molecule has 7 rings (SSSR count). The number of amides is 1. The molecule has 50 heavy (non-hydrogen) atoms. The number of aliphatic hydroxyl groups excluding tert-OH is 1. The number of hydrogen-bond donors (Lipinski definition) is 3. The number of aliphatic hydroxyl groups is 1. The van der Waals surface area contributed by atoms with E-state index in [0.717, 1.165) is 60.9 Å². The summed E-state index contributed by atoms with van der Waals surface area (Å²) in [6, 6.07) is 9.51. The molecule has 1 aromatic carbocycles. The second kappa shape index (κ2) is 16.2. The van der Waals surface area contributed by atoms with Gasteiger partial charge in [0, 0.05) is 73.6 Å². The van der Waals surface area contributed by atoms with Gasteiger partial charge in [0.25, 0.3) is 5.91 Å². The highest BCUT2D eigenvalue weighted by Crippen LogP contribution is 2.43. The third-order valence-corrected chi connectivity index (χ3v) is 11.5. The highest BCUT2D eigenvalue weighted by Gasteiger charge is 2.47. The van der Waals surface area contributed by atoms with Crippen LogP contribution in [0.5, 0.6) is 5.75 Å². The maximum atomic E-state index is 12.6. The van der Waals surface area contributed by atoms with Gasteiger partial charge in [-0.15, -0.1) is 24.8 Å². The Balaban J connectivity index is 0.00000243. The van der Waals surface area contributed by atoms with Gasteiger partial charge >= 0.3 is 0 Å². The molecule has 0 radical (unpaired) electrons. The van der Waals surface area contributed by atoms with Crippen LogP contribution >= 0.6 is 48.2 Å². The van der Waals surface area contributed by atoms with Crippen molar-refractivity contribution in [3.63, 3.8) is 0 Å². The zero-order valence-corrected chi connectivity index (χ0v) is 31.2. The van der Waals surface area contributed by atoms with Crippen LogP contribution in [0.1, 0.15) is 31.2 Å². The molecule has 4 N–H and O–H groups in total. The van der Waals surface area contributed by atoms with Gasteiger partial charge < -0.3 is 39.8 Å². The van der Waals surface area contributed by atoms with E-state index in [9.17, 15) is 9.90 Å². The fourth-order valence-electron chi connectivity index (χ4n) is 6.84. The Bertz CT molecular complexity index is 1820. The molecule has 1 amide bonds. The molecular formula is C34H43Cl3N8O4S. The number of nitrogens with one attached hydrogen (secondary N) is 1. The Labute approximate surface area is 313 Å². The lowest BCUT2D eigenvalue weighted by molar-refractivity contribution is -0.133. The van der Waals surface area contributed by atoms with Crippen LogP contribution in [0.3, 0.4) is 0 Å². The monoisotopic (exact) mass is 764 g/mol. The van der Waals surface area contributed by atoms with Crippen molar-refractivity contribution >= 4 is 65.5 Å². The van der Waals surface area contributed by atoms with Crippen molar-refractivity contribution in [3.05, 3.63) is 59.1 Å². The van der Waals surface area contributed by atoms with Crippen LogP contribution in [-0.2, 0) is 16.1 Å². The highest BCUT2D eigenvalue weighted by molar-refractivity contribution is 7.99. The van der Waals surface area contributed by atoms with Gasteiger partial charge in [0.2, 0.25) is 0 Å². The van der Waals surface area contributed by atoms with Crippen LogP contribution in [0.15, 0.2) is 52.6 Å². The molecule has 0 unspecified atom stereocenters. The lowest BCUT2D eigenvalue weighted by atomic mass is 9.73. The van der Waals surface area contributed by atoms with Crippen LogP contribution in [0.25, 0.3) is 16.9 Å². The number of aryl methyl sites for hydroxylation is 1. The highest BCUT2D eigenvalue weighted by atomic mass is 35.5. The maximum Gasteiger partial charge on any atom is 0.260 e. The van der Waals surface area contributed by atoms with E-state index in [-0.39, 0.29) is 61.5 Å². The van der Waals surface area contributed by atoms with E-state index in [4.69, 9.17) is 41.8 Å². The molecule has 3 fully saturated rings. The number of fused-ring (bicyclic) bond motifs is 1. The molecular weight excluding hydrogens is 723 g/mol. The third-order valence-electron chi connectivity index (χ3n) is 9.83. The summed E-state index contributed by atoms with van der Waals surface area (Å²) in [6.07, 6.45) is 5.72. The average molecular weight is 766 g/mol. The molecule has 1 spiro atoms. The number of piperidine rings is 1. The number of benzene rings is 1. The number of carbonyl (C=O) groups is 1. The smallest absolute Gasteiger partial charge is 0.260 e. The number of piperazine rings is 1. The third kappa shape index (κ3) is 7.65. The summed E-state index contributed by atoms with van der Waals surface area (Å²) in [4.78, 5) is 32.0. The lowest BCUT2D eigenvalue weighted by Crippen LogP contribution is -2.51. The van der Waals surface area contributed by atoms with E-state index in [1.807, 2.05) is 65.9 Å². The maximum absolute atomic E-state index is 12.6. The standard InChI is InChI=1S/C34H41ClN8O4S.2ClH/c1-21-33(40-26(18-44)31(38-21)42-12-7-34(8-13-42)20-47-22(2)30(34)36)48-27-6-11-43-17-25(39-32(43)29(27)35)23-4-3-5-24(16-23)46-19-28(45)41-14-9-37-10-15-41;;/h3-6,11,16-17,22,30,37,44H,7-10,12-15,18-20,36H2,1-2H3;2*1H/t22-,30+;;/m0../s1. The molecule has 3 aliphatic heterocycles. The van der Waals surface area contributed by atoms with E-state index in [0.29, 0.717) is 52.7 Å². The van der Waals surface area contributed by atoms with Gasteiger partial charge in [-0.2, -0.15) is 0 Å².